The summed E-state index contributed by atoms with van der Waals surface area (Å²) in [4.78, 5) is 12.3. The van der Waals surface area contributed by atoms with Gasteiger partial charge < -0.3 is 10.0 Å². The summed E-state index contributed by atoms with van der Waals surface area (Å²) >= 11 is 5.64. The van der Waals surface area contributed by atoms with Crippen LogP contribution < -0.4 is 0 Å². The fourth-order valence-corrected chi connectivity index (χ4v) is 1.32. The number of carbonyl (C=O) groups is 1. The molecular formula is C12H15ClF3NO2. The normalized spacial score (nSPS) is 15.6. The van der Waals surface area contributed by atoms with E-state index >= 15 is 0 Å². The minimum Gasteiger partial charge on any atom is -0.373 e. The van der Waals surface area contributed by atoms with Crippen LogP contribution in [0.5, 0.6) is 0 Å². The fraction of sp³-hybridized carbons (Fsp3) is 0.417. The molecule has 1 N–H and O–H groups in total. The van der Waals surface area contributed by atoms with Crippen molar-refractivity contribution < 1.29 is 23.1 Å². The first-order valence-corrected chi connectivity index (χ1v) is 5.53. The lowest BCUT2D eigenvalue weighted by molar-refractivity contribution is -0.249. The Morgan fingerprint density at radius 2 is 1.95 bits per heavy atom. The number of amides is 1. The number of carbonyl (C=O) groups excluding carboxylic acids is 1. The summed E-state index contributed by atoms with van der Waals surface area (Å²) in [5.74, 6) is -1.47. The number of hydrogen-bond donors (Lipinski definition) is 1. The van der Waals surface area contributed by atoms with Gasteiger partial charge in [-0.25, -0.2) is 0 Å². The van der Waals surface area contributed by atoms with Gasteiger partial charge >= 0.3 is 6.18 Å². The first-order chi connectivity index (χ1) is 8.43. The highest BCUT2D eigenvalue weighted by molar-refractivity contribution is 6.31. The second-order valence-electron chi connectivity index (χ2n) is 4.12. The van der Waals surface area contributed by atoms with E-state index in [1.54, 1.807) is 0 Å². The molecule has 0 aliphatic carbocycles. The molecule has 19 heavy (non-hydrogen) atoms. The fourth-order valence-electron chi connectivity index (χ4n) is 1.17. The highest BCUT2D eigenvalue weighted by Gasteiger charge is 2.56. The summed E-state index contributed by atoms with van der Waals surface area (Å²) in [7, 11) is 1.13. The topological polar surface area (TPSA) is 40.5 Å². The molecule has 0 heterocycles. The Kier molecular flexibility index (Phi) is 5.83. The van der Waals surface area contributed by atoms with Gasteiger partial charge in [0.1, 0.15) is 0 Å². The van der Waals surface area contributed by atoms with Crippen LogP contribution in [-0.4, -0.2) is 41.3 Å². The number of nitrogens with zero attached hydrogens (tertiary/aromatic N) is 1. The van der Waals surface area contributed by atoms with E-state index in [0.29, 0.717) is 12.5 Å². The number of allylic oxidation sites excluding steroid dienone is 2. The Morgan fingerprint density at radius 3 is 2.32 bits per heavy atom. The van der Waals surface area contributed by atoms with Crippen LogP contribution in [-0.2, 0) is 4.79 Å². The second kappa shape index (κ2) is 6.25. The molecule has 108 valence electrons. The third kappa shape index (κ3) is 4.72. The Balaban J connectivity index is 4.87. The van der Waals surface area contributed by atoms with Crippen molar-refractivity contribution in [1.29, 1.82) is 0 Å². The maximum Gasteiger partial charge on any atom is 0.426 e. The van der Waals surface area contributed by atoms with Crippen molar-refractivity contribution >= 4 is 17.5 Å². The van der Waals surface area contributed by atoms with Gasteiger partial charge in [-0.1, -0.05) is 30.8 Å². The van der Waals surface area contributed by atoms with Gasteiger partial charge in [0.2, 0.25) is 5.60 Å². The van der Waals surface area contributed by atoms with Crippen LogP contribution in [0.2, 0.25) is 0 Å². The SMILES string of the molecule is C=C/C(Cl)=C\C(=C)CN(C)C(=O)[C@@](C)(O)C(F)(F)F. The van der Waals surface area contributed by atoms with E-state index in [4.69, 9.17) is 11.6 Å². The molecule has 0 fully saturated rings. The molecule has 0 aromatic carbocycles. The number of hydrogen-bond acceptors (Lipinski definition) is 2. The van der Waals surface area contributed by atoms with Crippen LogP contribution in [0.1, 0.15) is 6.92 Å². The molecule has 3 nitrogen and oxygen atoms in total. The maximum absolute atomic E-state index is 12.5. The van der Waals surface area contributed by atoms with E-state index in [0.717, 1.165) is 11.9 Å². The lowest BCUT2D eigenvalue weighted by Crippen LogP contribution is -2.55. The molecule has 0 aliphatic rings. The zero-order valence-corrected chi connectivity index (χ0v) is 11.3. The Bertz CT molecular complexity index is 414. The molecule has 0 aliphatic heterocycles. The summed E-state index contributed by atoms with van der Waals surface area (Å²) in [6, 6.07) is 0. The highest BCUT2D eigenvalue weighted by Crippen LogP contribution is 2.31. The molecule has 0 radical (unpaired) electrons. The van der Waals surface area contributed by atoms with E-state index in [2.05, 4.69) is 13.2 Å². The Labute approximate surface area is 114 Å². The largest absolute Gasteiger partial charge is 0.426 e. The summed E-state index contributed by atoms with van der Waals surface area (Å²) in [5.41, 5.74) is -3.13. The van der Waals surface area contributed by atoms with Crippen molar-refractivity contribution in [2.75, 3.05) is 13.6 Å². The zero-order valence-electron chi connectivity index (χ0n) is 10.6. The molecule has 1 amide bonds. The van der Waals surface area contributed by atoms with Crippen LogP contribution in [0.3, 0.4) is 0 Å². The molecule has 0 aromatic heterocycles. The number of halogens is 4. The molecule has 0 aromatic rings. The smallest absolute Gasteiger partial charge is 0.373 e. The van der Waals surface area contributed by atoms with Crippen LogP contribution in [0.15, 0.2) is 35.9 Å². The lowest BCUT2D eigenvalue weighted by atomic mass is 10.0. The standard InChI is InChI=1S/C12H15ClF3NO2/c1-5-9(13)6-8(2)7-17(4)10(18)11(3,19)12(14,15)16/h5-6,19H,1-2,7H2,3-4H3/b9-6+/t11-/m1/s1. The van der Waals surface area contributed by atoms with Gasteiger partial charge in [-0.2, -0.15) is 13.2 Å². The minimum atomic E-state index is -5.05. The van der Waals surface area contributed by atoms with Gasteiger partial charge in [0.05, 0.1) is 0 Å². The molecule has 1 atom stereocenters. The Hall–Kier alpha value is -1.27. The molecule has 7 heteroatoms. The maximum atomic E-state index is 12.5. The van der Waals surface area contributed by atoms with Gasteiger partial charge in [-0.15, -0.1) is 0 Å². The van der Waals surface area contributed by atoms with Gasteiger partial charge in [0.15, 0.2) is 0 Å². The highest BCUT2D eigenvalue weighted by atomic mass is 35.5. The van der Waals surface area contributed by atoms with Gasteiger partial charge in [-0.05, 0) is 18.6 Å². The number of alkyl halides is 3. The summed E-state index contributed by atoms with van der Waals surface area (Å²) in [6.45, 7) is 7.14. The van der Waals surface area contributed by atoms with Crippen LogP contribution in [0.4, 0.5) is 13.2 Å². The average molecular weight is 298 g/mol. The predicted molar refractivity (Wildman–Crippen MR) is 67.6 cm³/mol. The minimum absolute atomic E-state index is 0.199. The van der Waals surface area contributed by atoms with Gasteiger partial charge in [-0.3, -0.25) is 4.79 Å². The average Bonchev–Trinajstić information content (AvgIpc) is 2.25. The van der Waals surface area contributed by atoms with Gasteiger partial charge in [0.25, 0.3) is 5.91 Å². The first kappa shape index (κ1) is 17.7. The Morgan fingerprint density at radius 1 is 1.47 bits per heavy atom. The second-order valence-corrected chi connectivity index (χ2v) is 4.56. The third-order valence-electron chi connectivity index (χ3n) is 2.29. The summed E-state index contributed by atoms with van der Waals surface area (Å²) < 4.78 is 37.4. The quantitative estimate of drug-likeness (QED) is 0.793. The first-order valence-electron chi connectivity index (χ1n) is 5.15. The van der Waals surface area contributed by atoms with Crippen molar-refractivity contribution in [3.63, 3.8) is 0 Å². The lowest BCUT2D eigenvalue weighted by Gasteiger charge is -2.29. The van der Waals surface area contributed by atoms with Crippen molar-refractivity contribution in [3.05, 3.63) is 35.9 Å². The van der Waals surface area contributed by atoms with Gasteiger partial charge in [0, 0.05) is 18.6 Å². The zero-order chi connectivity index (χ0) is 15.4. The number of likely N-dealkylation sites (N-methyl/N-ethyl adjacent to an activating group) is 1. The predicted octanol–water partition coefficient (Wildman–Crippen LogP) is 2.62. The van der Waals surface area contributed by atoms with E-state index < -0.39 is 17.7 Å². The van der Waals surface area contributed by atoms with Crippen LogP contribution in [0.25, 0.3) is 0 Å². The summed E-state index contributed by atoms with van der Waals surface area (Å²) in [5, 5.41) is 9.47. The molecule has 0 rings (SSSR count). The van der Waals surface area contributed by atoms with Crippen LogP contribution in [0, 0.1) is 0 Å². The molecule has 0 bridgehead atoms. The van der Waals surface area contributed by atoms with E-state index in [1.807, 2.05) is 0 Å². The van der Waals surface area contributed by atoms with Crippen molar-refractivity contribution in [3.8, 4) is 0 Å². The number of aliphatic hydroxyl groups is 1. The van der Waals surface area contributed by atoms with E-state index in [1.165, 1.54) is 12.2 Å². The molecule has 0 unspecified atom stereocenters. The summed E-state index contributed by atoms with van der Waals surface area (Å²) in [6.07, 6.45) is -2.37. The van der Waals surface area contributed by atoms with Crippen molar-refractivity contribution in [1.82, 2.24) is 4.90 Å². The molecule has 0 saturated heterocycles. The third-order valence-corrected chi connectivity index (χ3v) is 2.56. The van der Waals surface area contributed by atoms with Crippen LogP contribution >= 0.6 is 11.6 Å². The van der Waals surface area contributed by atoms with Crippen molar-refractivity contribution in [2.45, 2.75) is 18.7 Å². The molecule has 0 spiro atoms. The van der Waals surface area contributed by atoms with Crippen molar-refractivity contribution in [2.24, 2.45) is 0 Å². The van der Waals surface area contributed by atoms with E-state index in [9.17, 15) is 23.1 Å². The van der Waals surface area contributed by atoms with E-state index in [-0.39, 0.29) is 11.6 Å². The molecule has 0 saturated carbocycles. The monoisotopic (exact) mass is 297 g/mol. The molecular weight excluding hydrogens is 283 g/mol. The number of rotatable bonds is 5.